The van der Waals surface area contributed by atoms with Crippen LogP contribution in [0.25, 0.3) is 0 Å². The van der Waals surface area contributed by atoms with E-state index in [1.807, 2.05) is 0 Å². The van der Waals surface area contributed by atoms with Gasteiger partial charge in [0.25, 0.3) is 0 Å². The van der Waals surface area contributed by atoms with Crippen molar-refractivity contribution in [3.8, 4) is 0 Å². The van der Waals surface area contributed by atoms with Crippen molar-refractivity contribution in [3.63, 3.8) is 0 Å². The molecule has 1 N–H and O–H groups in total. The Hall–Kier alpha value is -0.650. The van der Waals surface area contributed by atoms with E-state index in [0.717, 1.165) is 45.5 Å². The van der Waals surface area contributed by atoms with Crippen molar-refractivity contribution in [1.82, 2.24) is 15.1 Å². The van der Waals surface area contributed by atoms with Crippen molar-refractivity contribution in [3.05, 3.63) is 0 Å². The van der Waals surface area contributed by atoms with E-state index in [-0.39, 0.29) is 5.91 Å². The zero-order valence-corrected chi connectivity index (χ0v) is 13.8. The predicted octanol–water partition coefficient (Wildman–Crippen LogP) is 1.23. The molecule has 3 fully saturated rings. The second kappa shape index (κ2) is 8.27. The first-order valence-electron chi connectivity index (χ1n) is 9.17. The highest BCUT2D eigenvalue weighted by Crippen LogP contribution is 2.20. The SMILES string of the molecule is O=C(CNCC1CCCO1)N1CCCC(N2CCCCC2)C1. The number of hydrogen-bond acceptors (Lipinski definition) is 4. The second-order valence-corrected chi connectivity index (χ2v) is 7.00. The lowest BCUT2D eigenvalue weighted by atomic mass is 10.0. The number of nitrogens with zero attached hydrogens (tertiary/aromatic N) is 2. The molecule has 5 heteroatoms. The van der Waals surface area contributed by atoms with Crippen LogP contribution in [-0.2, 0) is 9.53 Å². The molecule has 0 aromatic carbocycles. The van der Waals surface area contributed by atoms with E-state index in [2.05, 4.69) is 15.1 Å². The molecule has 0 aromatic heterocycles. The van der Waals surface area contributed by atoms with Crippen molar-refractivity contribution in [1.29, 1.82) is 0 Å². The van der Waals surface area contributed by atoms with Crippen LogP contribution in [0.1, 0.15) is 44.9 Å². The van der Waals surface area contributed by atoms with E-state index in [1.165, 1.54) is 38.8 Å². The molecule has 2 atom stereocenters. The molecule has 0 bridgehead atoms. The number of hydrogen-bond donors (Lipinski definition) is 1. The topological polar surface area (TPSA) is 44.8 Å². The van der Waals surface area contributed by atoms with Gasteiger partial charge in [0.1, 0.15) is 0 Å². The Labute approximate surface area is 134 Å². The molecule has 22 heavy (non-hydrogen) atoms. The first-order chi connectivity index (χ1) is 10.8. The van der Waals surface area contributed by atoms with Crippen LogP contribution in [-0.4, -0.2) is 73.7 Å². The molecular weight excluding hydrogens is 278 g/mol. The fraction of sp³-hybridized carbons (Fsp3) is 0.941. The molecule has 3 saturated heterocycles. The van der Waals surface area contributed by atoms with Gasteiger partial charge in [-0.1, -0.05) is 6.42 Å². The maximum atomic E-state index is 12.4. The minimum atomic E-state index is 0.264. The lowest BCUT2D eigenvalue weighted by Gasteiger charge is -2.41. The fourth-order valence-corrected chi connectivity index (χ4v) is 4.02. The van der Waals surface area contributed by atoms with Gasteiger partial charge in [-0.15, -0.1) is 0 Å². The highest BCUT2D eigenvalue weighted by Gasteiger charge is 2.28. The Kier molecular flexibility index (Phi) is 6.10. The van der Waals surface area contributed by atoms with Gasteiger partial charge in [0.15, 0.2) is 0 Å². The summed E-state index contributed by atoms with van der Waals surface area (Å²) in [6.45, 7) is 6.48. The zero-order valence-electron chi connectivity index (χ0n) is 13.8. The van der Waals surface area contributed by atoms with Crippen LogP contribution in [0.2, 0.25) is 0 Å². The van der Waals surface area contributed by atoms with E-state index in [9.17, 15) is 4.79 Å². The number of carbonyl (C=O) groups excluding carboxylic acids is 1. The summed E-state index contributed by atoms with van der Waals surface area (Å²) in [6, 6.07) is 0.594. The van der Waals surface area contributed by atoms with E-state index < -0.39 is 0 Å². The highest BCUT2D eigenvalue weighted by atomic mass is 16.5. The lowest BCUT2D eigenvalue weighted by Crippen LogP contribution is -2.52. The highest BCUT2D eigenvalue weighted by molar-refractivity contribution is 5.78. The smallest absolute Gasteiger partial charge is 0.236 e. The molecule has 126 valence electrons. The minimum absolute atomic E-state index is 0.264. The third kappa shape index (κ3) is 4.43. The van der Waals surface area contributed by atoms with Crippen LogP contribution in [0.15, 0.2) is 0 Å². The number of carbonyl (C=O) groups is 1. The van der Waals surface area contributed by atoms with Gasteiger partial charge < -0.3 is 15.0 Å². The third-order valence-electron chi connectivity index (χ3n) is 5.33. The van der Waals surface area contributed by atoms with E-state index >= 15 is 0 Å². The van der Waals surface area contributed by atoms with Gasteiger partial charge in [0, 0.05) is 32.3 Å². The molecule has 0 saturated carbocycles. The maximum absolute atomic E-state index is 12.4. The van der Waals surface area contributed by atoms with E-state index in [0.29, 0.717) is 18.7 Å². The Morgan fingerprint density at radius 3 is 2.68 bits per heavy atom. The first kappa shape index (κ1) is 16.2. The van der Waals surface area contributed by atoms with Gasteiger partial charge in [0.2, 0.25) is 5.91 Å². The molecule has 3 aliphatic heterocycles. The summed E-state index contributed by atoms with van der Waals surface area (Å²) in [6.07, 6.45) is 9.03. The summed E-state index contributed by atoms with van der Waals surface area (Å²) in [7, 11) is 0. The van der Waals surface area contributed by atoms with Crippen molar-refractivity contribution >= 4 is 5.91 Å². The Bertz CT molecular complexity index is 352. The van der Waals surface area contributed by atoms with Crippen molar-refractivity contribution < 1.29 is 9.53 Å². The number of amides is 1. The molecule has 3 aliphatic rings. The molecule has 0 radical (unpaired) electrons. The molecule has 0 spiro atoms. The minimum Gasteiger partial charge on any atom is -0.377 e. The van der Waals surface area contributed by atoms with Gasteiger partial charge in [-0.2, -0.15) is 0 Å². The summed E-state index contributed by atoms with van der Waals surface area (Å²) in [5.41, 5.74) is 0. The average Bonchev–Trinajstić information content (AvgIpc) is 3.09. The fourth-order valence-electron chi connectivity index (χ4n) is 4.02. The monoisotopic (exact) mass is 309 g/mol. The molecule has 0 aliphatic carbocycles. The number of ether oxygens (including phenoxy) is 1. The molecule has 3 rings (SSSR count). The van der Waals surface area contributed by atoms with Crippen molar-refractivity contribution in [2.24, 2.45) is 0 Å². The van der Waals surface area contributed by atoms with Crippen LogP contribution in [0, 0.1) is 0 Å². The summed E-state index contributed by atoms with van der Waals surface area (Å²) in [4.78, 5) is 17.1. The molecule has 3 heterocycles. The van der Waals surface area contributed by atoms with Crippen LogP contribution in [0.4, 0.5) is 0 Å². The Morgan fingerprint density at radius 2 is 1.91 bits per heavy atom. The Morgan fingerprint density at radius 1 is 1.05 bits per heavy atom. The molecule has 1 amide bonds. The van der Waals surface area contributed by atoms with Crippen molar-refractivity contribution in [2.75, 3.05) is 45.9 Å². The summed E-state index contributed by atoms with van der Waals surface area (Å²) in [5.74, 6) is 0.264. The average molecular weight is 309 g/mol. The standard InChI is InChI=1S/C17H31N3O2/c21-17(13-18-12-16-7-5-11-22-16)20-10-4-6-15(14-20)19-8-2-1-3-9-19/h15-16,18H,1-14H2. The molecule has 5 nitrogen and oxygen atoms in total. The predicted molar refractivity (Wildman–Crippen MR) is 86.9 cm³/mol. The third-order valence-corrected chi connectivity index (χ3v) is 5.33. The quantitative estimate of drug-likeness (QED) is 0.830. The van der Waals surface area contributed by atoms with Crippen LogP contribution in [0.3, 0.4) is 0 Å². The molecular formula is C17H31N3O2. The molecule has 0 aromatic rings. The van der Waals surface area contributed by atoms with E-state index in [1.54, 1.807) is 0 Å². The number of rotatable bonds is 5. The molecule has 2 unspecified atom stereocenters. The number of piperidine rings is 2. The second-order valence-electron chi connectivity index (χ2n) is 7.00. The summed E-state index contributed by atoms with van der Waals surface area (Å²) >= 11 is 0. The van der Waals surface area contributed by atoms with E-state index in [4.69, 9.17) is 4.74 Å². The van der Waals surface area contributed by atoms with Gasteiger partial charge >= 0.3 is 0 Å². The summed E-state index contributed by atoms with van der Waals surface area (Å²) in [5, 5.41) is 3.29. The number of likely N-dealkylation sites (tertiary alicyclic amines) is 2. The van der Waals surface area contributed by atoms with Crippen LogP contribution >= 0.6 is 0 Å². The first-order valence-corrected chi connectivity index (χ1v) is 9.17. The normalized spacial score (nSPS) is 30.6. The van der Waals surface area contributed by atoms with Gasteiger partial charge in [0.05, 0.1) is 12.6 Å². The van der Waals surface area contributed by atoms with Gasteiger partial charge in [-0.25, -0.2) is 0 Å². The van der Waals surface area contributed by atoms with Gasteiger partial charge in [-0.3, -0.25) is 9.69 Å². The lowest BCUT2D eigenvalue weighted by molar-refractivity contribution is -0.132. The summed E-state index contributed by atoms with van der Waals surface area (Å²) < 4.78 is 5.58. The Balaban J connectivity index is 1.39. The van der Waals surface area contributed by atoms with Crippen molar-refractivity contribution in [2.45, 2.75) is 57.1 Å². The van der Waals surface area contributed by atoms with Gasteiger partial charge in [-0.05, 0) is 51.6 Å². The maximum Gasteiger partial charge on any atom is 0.236 e. The number of nitrogens with one attached hydrogen (secondary N) is 1. The van der Waals surface area contributed by atoms with Crippen LogP contribution < -0.4 is 5.32 Å². The zero-order chi connectivity index (χ0) is 15.2. The largest absolute Gasteiger partial charge is 0.377 e. The van der Waals surface area contributed by atoms with Crippen LogP contribution in [0.5, 0.6) is 0 Å².